The van der Waals surface area contributed by atoms with Crippen molar-refractivity contribution in [3.63, 3.8) is 0 Å². The van der Waals surface area contributed by atoms with Gasteiger partial charge >= 0.3 is 6.03 Å². The minimum absolute atomic E-state index is 0.0676. The first-order valence-electron chi connectivity index (χ1n) is 7.84. The van der Waals surface area contributed by atoms with Crippen molar-refractivity contribution in [3.8, 4) is 5.75 Å². The minimum atomic E-state index is -0.359. The van der Waals surface area contributed by atoms with Gasteiger partial charge in [-0.1, -0.05) is 32.9 Å². The molecule has 0 aliphatic carbocycles. The van der Waals surface area contributed by atoms with Crippen molar-refractivity contribution in [2.75, 3.05) is 13.7 Å². The van der Waals surface area contributed by atoms with Gasteiger partial charge in [0.25, 0.3) is 0 Å². The van der Waals surface area contributed by atoms with Gasteiger partial charge in [0.15, 0.2) is 0 Å². The van der Waals surface area contributed by atoms with Crippen molar-refractivity contribution in [2.45, 2.75) is 45.8 Å². The van der Waals surface area contributed by atoms with E-state index < -0.39 is 0 Å². The summed E-state index contributed by atoms with van der Waals surface area (Å²) in [7, 11) is 1.63. The number of hydrogen-bond donors (Lipinski definition) is 3. The van der Waals surface area contributed by atoms with Crippen LogP contribution in [0.4, 0.5) is 4.79 Å². The Hall–Kier alpha value is -1.75. The number of nitrogens with one attached hydrogen (secondary N) is 2. The van der Waals surface area contributed by atoms with Crippen LogP contribution in [0.2, 0.25) is 0 Å². The molecule has 124 valence electrons. The number of hydrogen-bond acceptors (Lipinski definition) is 3. The maximum atomic E-state index is 12.0. The Morgan fingerprint density at radius 1 is 1.27 bits per heavy atom. The number of carbonyl (C=O) groups is 1. The van der Waals surface area contributed by atoms with Crippen molar-refractivity contribution >= 4 is 6.03 Å². The van der Waals surface area contributed by atoms with Crippen LogP contribution in [0.5, 0.6) is 5.75 Å². The van der Waals surface area contributed by atoms with E-state index in [0.29, 0.717) is 19.4 Å². The Labute approximate surface area is 133 Å². The van der Waals surface area contributed by atoms with Gasteiger partial charge < -0.3 is 20.5 Å². The summed E-state index contributed by atoms with van der Waals surface area (Å²) in [5.74, 6) is 1.06. The lowest BCUT2D eigenvalue weighted by molar-refractivity contribution is 0.159. The number of urea groups is 1. The molecule has 1 aromatic rings. The predicted molar refractivity (Wildman–Crippen MR) is 88.0 cm³/mol. The van der Waals surface area contributed by atoms with Crippen LogP contribution in [0.1, 0.15) is 45.2 Å². The van der Waals surface area contributed by atoms with Crippen LogP contribution in [0, 0.1) is 5.92 Å². The first kappa shape index (κ1) is 18.3. The number of carbonyl (C=O) groups excluding carboxylic acids is 1. The predicted octanol–water partition coefficient (Wildman–Crippen LogP) is 2.85. The molecule has 0 aromatic heterocycles. The minimum Gasteiger partial charge on any atom is -0.497 e. The van der Waals surface area contributed by atoms with Crippen molar-refractivity contribution in [1.82, 2.24) is 10.6 Å². The summed E-state index contributed by atoms with van der Waals surface area (Å²) in [4.78, 5) is 12.0. The molecule has 5 nitrogen and oxygen atoms in total. The lowest BCUT2D eigenvalue weighted by Crippen LogP contribution is -2.40. The Kier molecular flexibility index (Phi) is 7.74. The number of aliphatic hydroxyl groups excluding tert-OH is 1. The van der Waals surface area contributed by atoms with Gasteiger partial charge in [0, 0.05) is 6.54 Å². The number of ether oxygens (including phenoxy) is 1. The Balaban J connectivity index is 2.58. The van der Waals surface area contributed by atoms with E-state index in [9.17, 15) is 9.90 Å². The van der Waals surface area contributed by atoms with E-state index in [-0.39, 0.29) is 24.1 Å². The average molecular weight is 308 g/mol. The second kappa shape index (κ2) is 9.30. The SMILES string of the molecule is CCC(O)CCNC(=O)NC(c1ccc(OC)cc1)C(C)C. The van der Waals surface area contributed by atoms with E-state index in [2.05, 4.69) is 24.5 Å². The second-order valence-electron chi connectivity index (χ2n) is 5.75. The first-order valence-corrected chi connectivity index (χ1v) is 7.84. The monoisotopic (exact) mass is 308 g/mol. The molecule has 0 radical (unpaired) electrons. The van der Waals surface area contributed by atoms with Crippen LogP contribution < -0.4 is 15.4 Å². The Morgan fingerprint density at radius 3 is 2.41 bits per heavy atom. The van der Waals surface area contributed by atoms with Gasteiger partial charge in [-0.2, -0.15) is 0 Å². The molecule has 0 bridgehead atoms. The van der Waals surface area contributed by atoms with Crippen LogP contribution in [0.3, 0.4) is 0 Å². The smallest absolute Gasteiger partial charge is 0.315 e. The fraction of sp³-hybridized carbons (Fsp3) is 0.588. The lowest BCUT2D eigenvalue weighted by Gasteiger charge is -2.23. The summed E-state index contributed by atoms with van der Waals surface area (Å²) in [5.41, 5.74) is 1.04. The summed E-state index contributed by atoms with van der Waals surface area (Å²) < 4.78 is 5.15. The zero-order chi connectivity index (χ0) is 16.5. The van der Waals surface area contributed by atoms with E-state index in [0.717, 1.165) is 11.3 Å². The highest BCUT2D eigenvalue weighted by Crippen LogP contribution is 2.23. The molecule has 0 fully saturated rings. The molecule has 0 saturated carbocycles. The molecular formula is C17H28N2O3. The van der Waals surface area contributed by atoms with Gasteiger partial charge in [-0.05, 0) is 36.5 Å². The fourth-order valence-electron chi connectivity index (χ4n) is 2.19. The normalized spacial score (nSPS) is 13.5. The van der Waals surface area contributed by atoms with E-state index in [1.54, 1.807) is 7.11 Å². The van der Waals surface area contributed by atoms with Gasteiger partial charge in [0.2, 0.25) is 0 Å². The van der Waals surface area contributed by atoms with Crippen molar-refractivity contribution in [2.24, 2.45) is 5.92 Å². The summed E-state index contributed by atoms with van der Waals surface area (Å²) in [5, 5.41) is 15.3. The third-order valence-corrected chi connectivity index (χ3v) is 3.66. The molecule has 0 aliphatic heterocycles. The molecule has 1 aromatic carbocycles. The van der Waals surface area contributed by atoms with Crippen LogP contribution >= 0.6 is 0 Å². The maximum absolute atomic E-state index is 12.0. The van der Waals surface area contributed by atoms with E-state index >= 15 is 0 Å². The molecule has 0 saturated heterocycles. The molecule has 3 N–H and O–H groups in total. The van der Waals surface area contributed by atoms with E-state index in [4.69, 9.17) is 4.74 Å². The molecule has 22 heavy (non-hydrogen) atoms. The van der Waals surface area contributed by atoms with Crippen LogP contribution in [0.15, 0.2) is 24.3 Å². The standard InChI is InChI=1S/C17H28N2O3/c1-5-14(20)10-11-18-17(21)19-16(12(2)3)13-6-8-15(22-4)9-7-13/h6-9,12,14,16,20H,5,10-11H2,1-4H3,(H2,18,19,21). The highest BCUT2D eigenvalue weighted by atomic mass is 16.5. The van der Waals surface area contributed by atoms with Crippen LogP contribution in [0.25, 0.3) is 0 Å². The second-order valence-corrected chi connectivity index (χ2v) is 5.75. The van der Waals surface area contributed by atoms with Crippen molar-refractivity contribution in [1.29, 1.82) is 0 Å². The third-order valence-electron chi connectivity index (χ3n) is 3.66. The van der Waals surface area contributed by atoms with E-state index in [1.165, 1.54) is 0 Å². The fourth-order valence-corrected chi connectivity index (χ4v) is 2.19. The highest BCUT2D eigenvalue weighted by molar-refractivity contribution is 5.74. The highest BCUT2D eigenvalue weighted by Gasteiger charge is 2.18. The quantitative estimate of drug-likeness (QED) is 0.691. The topological polar surface area (TPSA) is 70.6 Å². The van der Waals surface area contributed by atoms with Gasteiger partial charge in [-0.15, -0.1) is 0 Å². The third kappa shape index (κ3) is 5.93. The van der Waals surface area contributed by atoms with Gasteiger partial charge in [-0.25, -0.2) is 4.79 Å². The molecule has 0 spiro atoms. The molecule has 5 heteroatoms. The summed E-state index contributed by atoms with van der Waals surface area (Å²) >= 11 is 0. The van der Waals surface area contributed by atoms with Gasteiger partial charge in [-0.3, -0.25) is 0 Å². The Bertz CT molecular complexity index is 446. The molecule has 0 heterocycles. The maximum Gasteiger partial charge on any atom is 0.315 e. The lowest BCUT2D eigenvalue weighted by atomic mass is 9.96. The largest absolute Gasteiger partial charge is 0.497 e. The first-order chi connectivity index (χ1) is 10.5. The zero-order valence-corrected chi connectivity index (χ0v) is 13.9. The Morgan fingerprint density at radius 2 is 1.91 bits per heavy atom. The average Bonchev–Trinajstić information content (AvgIpc) is 2.52. The molecule has 2 amide bonds. The van der Waals surface area contributed by atoms with Crippen LogP contribution in [-0.2, 0) is 0 Å². The molecule has 1 rings (SSSR count). The number of methoxy groups -OCH3 is 1. The van der Waals surface area contributed by atoms with Crippen molar-refractivity contribution in [3.05, 3.63) is 29.8 Å². The number of amides is 2. The number of aliphatic hydroxyl groups is 1. The summed E-state index contributed by atoms with van der Waals surface area (Å²) in [6, 6.07) is 7.43. The van der Waals surface area contributed by atoms with Gasteiger partial charge in [0.1, 0.15) is 5.75 Å². The molecule has 2 atom stereocenters. The molecule has 0 aliphatic rings. The summed E-state index contributed by atoms with van der Waals surface area (Å²) in [6.45, 7) is 6.52. The number of rotatable bonds is 8. The molecule has 2 unspecified atom stereocenters. The van der Waals surface area contributed by atoms with Gasteiger partial charge in [0.05, 0.1) is 19.3 Å². The summed E-state index contributed by atoms with van der Waals surface area (Å²) in [6.07, 6.45) is 0.908. The zero-order valence-electron chi connectivity index (χ0n) is 13.9. The molecular weight excluding hydrogens is 280 g/mol. The van der Waals surface area contributed by atoms with E-state index in [1.807, 2.05) is 31.2 Å². The van der Waals surface area contributed by atoms with Crippen molar-refractivity contribution < 1.29 is 14.6 Å². The van der Waals surface area contributed by atoms with Crippen LogP contribution in [-0.4, -0.2) is 30.9 Å². The number of benzene rings is 1.